The Morgan fingerprint density at radius 3 is 2.75 bits per heavy atom. The number of hydrogen-bond acceptors (Lipinski definition) is 9. The number of fused-ring (bicyclic) bond motifs is 3. The minimum atomic E-state index is 0.342. The number of hydrogen-bond donors (Lipinski definition) is 1. The number of rotatable bonds is 4. The number of benzene rings is 1. The molecule has 3 heterocycles. The van der Waals surface area contributed by atoms with Crippen molar-refractivity contribution in [2.24, 2.45) is 0 Å². The highest BCUT2D eigenvalue weighted by Gasteiger charge is 2.18. The van der Waals surface area contributed by atoms with Gasteiger partial charge in [-0.15, -0.1) is 10.2 Å². The molecule has 0 radical (unpaired) electrons. The fourth-order valence-corrected chi connectivity index (χ4v) is 2.44. The fraction of sp³-hybridized carbons (Fsp3) is 0.214. The molecule has 10 nitrogen and oxygen atoms in total. The van der Waals surface area contributed by atoms with Gasteiger partial charge in [-0.05, 0) is 29.4 Å². The van der Waals surface area contributed by atoms with Crippen LogP contribution in [-0.4, -0.2) is 44.1 Å². The van der Waals surface area contributed by atoms with Crippen LogP contribution in [0.2, 0.25) is 0 Å². The van der Waals surface area contributed by atoms with E-state index in [1.165, 1.54) is 0 Å². The minimum absolute atomic E-state index is 0.342. The Balaban J connectivity index is 1.90. The van der Waals surface area contributed by atoms with Gasteiger partial charge in [0.05, 0.1) is 19.9 Å². The van der Waals surface area contributed by atoms with Crippen molar-refractivity contribution in [2.75, 3.05) is 19.5 Å². The monoisotopic (exact) mass is 327 g/mol. The van der Waals surface area contributed by atoms with E-state index in [4.69, 9.17) is 14.1 Å². The van der Waals surface area contributed by atoms with Crippen molar-refractivity contribution >= 4 is 28.4 Å². The average molecular weight is 327 g/mol. The Morgan fingerprint density at radius 2 is 1.96 bits per heavy atom. The topological polar surface area (TPSA) is 112 Å². The summed E-state index contributed by atoms with van der Waals surface area (Å²) in [6, 6.07) is 5.40. The molecule has 0 aliphatic carbocycles. The molecule has 0 unspecified atom stereocenters. The number of nitrogens with zero attached hydrogens (tertiary/aromatic N) is 6. The summed E-state index contributed by atoms with van der Waals surface area (Å²) < 4.78 is 17.1. The Bertz CT molecular complexity index is 1040. The second-order valence-electron chi connectivity index (χ2n) is 4.97. The van der Waals surface area contributed by atoms with Gasteiger partial charge in [-0.25, -0.2) is 9.61 Å². The molecule has 0 bridgehead atoms. The molecule has 1 aromatic carbocycles. The molecule has 0 fully saturated rings. The van der Waals surface area contributed by atoms with Crippen LogP contribution in [0.5, 0.6) is 11.5 Å². The van der Waals surface area contributed by atoms with Crippen LogP contribution < -0.4 is 14.8 Å². The highest BCUT2D eigenvalue weighted by Crippen LogP contribution is 2.32. The second kappa shape index (κ2) is 5.33. The molecule has 122 valence electrons. The summed E-state index contributed by atoms with van der Waals surface area (Å²) >= 11 is 0. The SMILES string of the molecule is COc1ccc(OC)c(Nc2nc3nonc3n3c(C)nnc23)c1. The molecule has 0 saturated heterocycles. The molecule has 0 saturated carbocycles. The van der Waals surface area contributed by atoms with Gasteiger partial charge in [-0.2, -0.15) is 0 Å². The molecule has 3 aromatic heterocycles. The van der Waals surface area contributed by atoms with Crippen LogP contribution >= 0.6 is 0 Å². The molecular formula is C14H13N7O3. The van der Waals surface area contributed by atoms with Crippen LogP contribution in [0.25, 0.3) is 16.9 Å². The predicted octanol–water partition coefficient (Wildman–Crippen LogP) is 1.73. The highest BCUT2D eigenvalue weighted by molar-refractivity contribution is 5.80. The number of nitrogens with one attached hydrogen (secondary N) is 1. The lowest BCUT2D eigenvalue weighted by Gasteiger charge is -2.12. The number of anilines is 2. The van der Waals surface area contributed by atoms with Crippen molar-refractivity contribution in [3.05, 3.63) is 24.0 Å². The van der Waals surface area contributed by atoms with Crippen LogP contribution in [0.3, 0.4) is 0 Å². The molecule has 4 rings (SSSR count). The Morgan fingerprint density at radius 1 is 1.08 bits per heavy atom. The van der Waals surface area contributed by atoms with Crippen LogP contribution in [0.1, 0.15) is 5.82 Å². The van der Waals surface area contributed by atoms with E-state index in [0.717, 1.165) is 0 Å². The van der Waals surface area contributed by atoms with Gasteiger partial charge >= 0.3 is 0 Å². The van der Waals surface area contributed by atoms with E-state index in [1.807, 2.05) is 6.92 Å². The van der Waals surface area contributed by atoms with Gasteiger partial charge in [0.25, 0.3) is 0 Å². The molecule has 1 N–H and O–H groups in total. The predicted molar refractivity (Wildman–Crippen MR) is 83.7 cm³/mol. The third kappa shape index (κ3) is 2.07. The van der Waals surface area contributed by atoms with Crippen molar-refractivity contribution in [2.45, 2.75) is 6.92 Å². The van der Waals surface area contributed by atoms with Crippen molar-refractivity contribution in [1.29, 1.82) is 0 Å². The van der Waals surface area contributed by atoms with Gasteiger partial charge < -0.3 is 14.8 Å². The molecule has 0 aliphatic heterocycles. The lowest BCUT2D eigenvalue weighted by Crippen LogP contribution is -2.02. The normalized spacial score (nSPS) is 11.1. The number of ether oxygens (including phenoxy) is 2. The van der Waals surface area contributed by atoms with Crippen molar-refractivity contribution < 1.29 is 14.1 Å². The summed E-state index contributed by atoms with van der Waals surface area (Å²) in [5.74, 6) is 2.40. The zero-order chi connectivity index (χ0) is 16.7. The first kappa shape index (κ1) is 14.2. The van der Waals surface area contributed by atoms with Crippen LogP contribution in [0, 0.1) is 6.92 Å². The Kier molecular flexibility index (Phi) is 3.15. The maximum Gasteiger partial charge on any atom is 0.244 e. The highest BCUT2D eigenvalue weighted by atomic mass is 16.6. The van der Waals surface area contributed by atoms with E-state index in [2.05, 4.69) is 30.8 Å². The second-order valence-corrected chi connectivity index (χ2v) is 4.97. The summed E-state index contributed by atoms with van der Waals surface area (Å²) in [5, 5.41) is 19.1. The summed E-state index contributed by atoms with van der Waals surface area (Å²) in [7, 11) is 3.18. The number of methoxy groups -OCH3 is 2. The van der Waals surface area contributed by atoms with E-state index in [1.54, 1.807) is 36.8 Å². The van der Waals surface area contributed by atoms with Gasteiger partial charge in [0.2, 0.25) is 16.9 Å². The first-order valence-corrected chi connectivity index (χ1v) is 7.04. The fourth-order valence-electron chi connectivity index (χ4n) is 2.44. The molecule has 0 aliphatic rings. The molecule has 0 atom stereocenters. The van der Waals surface area contributed by atoms with E-state index in [0.29, 0.717) is 45.8 Å². The lowest BCUT2D eigenvalue weighted by atomic mass is 10.2. The maximum absolute atomic E-state index is 5.37. The van der Waals surface area contributed by atoms with Crippen LogP contribution in [-0.2, 0) is 0 Å². The lowest BCUT2D eigenvalue weighted by molar-refractivity contribution is 0.313. The summed E-state index contributed by atoms with van der Waals surface area (Å²) in [5.41, 5.74) is 1.97. The smallest absolute Gasteiger partial charge is 0.244 e. The zero-order valence-electron chi connectivity index (χ0n) is 13.1. The van der Waals surface area contributed by atoms with Gasteiger partial charge in [0, 0.05) is 6.07 Å². The number of aromatic nitrogens is 6. The largest absolute Gasteiger partial charge is 0.497 e. The summed E-state index contributed by atoms with van der Waals surface area (Å²) in [6.45, 7) is 1.81. The van der Waals surface area contributed by atoms with Crippen molar-refractivity contribution in [1.82, 2.24) is 29.9 Å². The average Bonchev–Trinajstić information content (AvgIpc) is 3.21. The van der Waals surface area contributed by atoms with Crippen molar-refractivity contribution in [3.63, 3.8) is 0 Å². The van der Waals surface area contributed by atoms with E-state index >= 15 is 0 Å². The van der Waals surface area contributed by atoms with Gasteiger partial charge in [0.1, 0.15) is 17.3 Å². The van der Waals surface area contributed by atoms with E-state index in [-0.39, 0.29) is 0 Å². The van der Waals surface area contributed by atoms with Gasteiger partial charge in [-0.3, -0.25) is 4.40 Å². The number of aryl methyl sites for hydroxylation is 1. The summed E-state index contributed by atoms with van der Waals surface area (Å²) in [4.78, 5) is 4.40. The molecule has 4 aromatic rings. The zero-order valence-corrected chi connectivity index (χ0v) is 13.1. The summed E-state index contributed by atoms with van der Waals surface area (Å²) in [6.07, 6.45) is 0. The third-order valence-electron chi connectivity index (χ3n) is 3.58. The third-order valence-corrected chi connectivity index (χ3v) is 3.58. The Hall–Kier alpha value is -3.43. The van der Waals surface area contributed by atoms with E-state index in [9.17, 15) is 0 Å². The quantitative estimate of drug-likeness (QED) is 0.598. The molecule has 10 heteroatoms. The standard InChI is InChI=1S/C14H13N7O3/c1-7-17-18-13-11(16-12-14(21(7)13)20-24-19-12)15-9-6-8(22-2)4-5-10(9)23-3/h4-6H,1-3H3,(H,15,16,19). The first-order chi connectivity index (χ1) is 11.7. The van der Waals surface area contributed by atoms with Gasteiger partial charge in [-0.1, -0.05) is 0 Å². The van der Waals surface area contributed by atoms with Crippen LogP contribution in [0.15, 0.2) is 22.8 Å². The molecule has 0 amide bonds. The van der Waals surface area contributed by atoms with Crippen LogP contribution in [0.4, 0.5) is 11.5 Å². The van der Waals surface area contributed by atoms with Gasteiger partial charge in [0.15, 0.2) is 5.82 Å². The molecular weight excluding hydrogens is 314 g/mol. The van der Waals surface area contributed by atoms with Crippen molar-refractivity contribution in [3.8, 4) is 11.5 Å². The molecule has 24 heavy (non-hydrogen) atoms. The first-order valence-electron chi connectivity index (χ1n) is 7.04. The maximum atomic E-state index is 5.37. The minimum Gasteiger partial charge on any atom is -0.497 e. The van der Waals surface area contributed by atoms with E-state index < -0.39 is 0 Å². The molecule has 0 spiro atoms. The Labute approximate surface area is 135 Å².